The van der Waals surface area contributed by atoms with Crippen LogP contribution < -0.4 is 10.6 Å². The number of nitrogens with zero attached hydrogens (tertiary/aromatic N) is 2. The number of urea groups is 1. The number of nitrogens with one attached hydrogen (secondary N) is 2. The topological polar surface area (TPSA) is 87.1 Å². The first-order valence-electron chi connectivity index (χ1n) is 5.04. The summed E-state index contributed by atoms with van der Waals surface area (Å²) in [5.41, 5.74) is -0.338. The highest BCUT2D eigenvalue weighted by atomic mass is 79.9. The van der Waals surface area contributed by atoms with Gasteiger partial charge in [-0.15, -0.1) is 0 Å². The van der Waals surface area contributed by atoms with Crippen molar-refractivity contribution < 1.29 is 9.90 Å². The Labute approximate surface area is 108 Å². The van der Waals surface area contributed by atoms with Crippen molar-refractivity contribution in [3.05, 3.63) is 16.5 Å². The molecule has 0 fully saturated rings. The second-order valence-corrected chi connectivity index (χ2v) is 5.06. The van der Waals surface area contributed by atoms with Gasteiger partial charge in [0.15, 0.2) is 5.82 Å². The molecule has 2 amide bonds. The Kier molecular flexibility index (Phi) is 4.41. The van der Waals surface area contributed by atoms with Crippen molar-refractivity contribution in [2.75, 3.05) is 11.9 Å². The van der Waals surface area contributed by atoms with Crippen molar-refractivity contribution in [2.24, 2.45) is 0 Å². The summed E-state index contributed by atoms with van der Waals surface area (Å²) in [6.07, 6.45) is 1.50. The minimum absolute atomic E-state index is 0.155. The third-order valence-electron chi connectivity index (χ3n) is 1.83. The molecular weight excluding hydrogens is 288 g/mol. The number of hydrogen-bond donors (Lipinski definition) is 3. The standard InChI is InChI=1S/C10H15BrN4O2/c1-6-8(12-4-7(11)14-6)15-9(16)13-5-10(2,3)17/h4,17H,5H2,1-3H3,(H2,12,13,15,16). The summed E-state index contributed by atoms with van der Waals surface area (Å²) in [5.74, 6) is 0.390. The molecule has 6 nitrogen and oxygen atoms in total. The van der Waals surface area contributed by atoms with E-state index >= 15 is 0 Å². The highest BCUT2D eigenvalue weighted by Gasteiger charge is 2.14. The van der Waals surface area contributed by atoms with E-state index < -0.39 is 11.6 Å². The van der Waals surface area contributed by atoms with E-state index in [2.05, 4.69) is 36.5 Å². The normalized spacial score (nSPS) is 11.1. The lowest BCUT2D eigenvalue weighted by Crippen LogP contribution is -2.40. The van der Waals surface area contributed by atoms with Crippen LogP contribution in [0.3, 0.4) is 0 Å². The van der Waals surface area contributed by atoms with Gasteiger partial charge in [0.25, 0.3) is 0 Å². The van der Waals surface area contributed by atoms with Gasteiger partial charge in [-0.1, -0.05) is 0 Å². The summed E-state index contributed by atoms with van der Waals surface area (Å²) in [6.45, 7) is 5.11. The first-order chi connectivity index (χ1) is 7.78. The number of amides is 2. The third kappa shape index (κ3) is 5.10. The summed E-state index contributed by atoms with van der Waals surface area (Å²) in [6, 6.07) is -0.424. The molecule has 1 aromatic heterocycles. The largest absolute Gasteiger partial charge is 0.389 e. The smallest absolute Gasteiger partial charge is 0.320 e. The van der Waals surface area contributed by atoms with Crippen molar-refractivity contribution in [3.63, 3.8) is 0 Å². The minimum Gasteiger partial charge on any atom is -0.389 e. The SMILES string of the molecule is Cc1nc(Br)cnc1NC(=O)NCC(C)(C)O. The molecule has 0 spiro atoms. The van der Waals surface area contributed by atoms with E-state index in [0.717, 1.165) is 0 Å². The van der Waals surface area contributed by atoms with E-state index in [1.165, 1.54) is 6.20 Å². The van der Waals surface area contributed by atoms with Gasteiger partial charge in [-0.25, -0.2) is 14.8 Å². The number of rotatable bonds is 3. The second-order valence-electron chi connectivity index (χ2n) is 4.25. The summed E-state index contributed by atoms with van der Waals surface area (Å²) in [4.78, 5) is 19.6. The van der Waals surface area contributed by atoms with Crippen LogP contribution >= 0.6 is 15.9 Å². The van der Waals surface area contributed by atoms with Crippen LogP contribution in [0.2, 0.25) is 0 Å². The van der Waals surface area contributed by atoms with Crippen LogP contribution in [0, 0.1) is 6.92 Å². The average Bonchev–Trinajstić information content (AvgIpc) is 2.18. The number of aryl methyl sites for hydroxylation is 1. The number of anilines is 1. The molecule has 7 heteroatoms. The quantitative estimate of drug-likeness (QED) is 0.788. The summed E-state index contributed by atoms with van der Waals surface area (Å²) < 4.78 is 0.609. The molecule has 0 aliphatic rings. The molecule has 0 radical (unpaired) electrons. The lowest BCUT2D eigenvalue weighted by atomic mass is 10.1. The van der Waals surface area contributed by atoms with Crippen molar-refractivity contribution in [2.45, 2.75) is 26.4 Å². The van der Waals surface area contributed by atoms with Gasteiger partial charge in [-0.2, -0.15) is 0 Å². The Morgan fingerprint density at radius 3 is 2.76 bits per heavy atom. The second kappa shape index (κ2) is 5.42. The fraction of sp³-hybridized carbons (Fsp3) is 0.500. The fourth-order valence-electron chi connectivity index (χ4n) is 1.02. The van der Waals surface area contributed by atoms with Crippen LogP contribution in [0.1, 0.15) is 19.5 Å². The molecule has 1 aromatic rings. The maximum absolute atomic E-state index is 11.5. The first-order valence-corrected chi connectivity index (χ1v) is 5.83. The summed E-state index contributed by atoms with van der Waals surface area (Å²) in [5, 5.41) is 14.5. The number of aromatic nitrogens is 2. The van der Waals surface area contributed by atoms with Crippen LogP contribution in [0.25, 0.3) is 0 Å². The molecule has 0 aromatic carbocycles. The zero-order valence-electron chi connectivity index (χ0n) is 9.91. The van der Waals surface area contributed by atoms with Crippen LogP contribution in [0.15, 0.2) is 10.8 Å². The molecule has 17 heavy (non-hydrogen) atoms. The molecule has 3 N–H and O–H groups in total. The molecule has 0 saturated heterocycles. The van der Waals surface area contributed by atoms with E-state index in [-0.39, 0.29) is 6.54 Å². The van der Waals surface area contributed by atoms with Gasteiger partial charge < -0.3 is 10.4 Å². The van der Waals surface area contributed by atoms with E-state index in [1.807, 2.05) is 0 Å². The first kappa shape index (κ1) is 13.9. The van der Waals surface area contributed by atoms with Crippen LogP contribution in [-0.2, 0) is 0 Å². The lowest BCUT2D eigenvalue weighted by molar-refractivity contribution is 0.0826. The van der Waals surface area contributed by atoms with Crippen molar-refractivity contribution in [1.82, 2.24) is 15.3 Å². The monoisotopic (exact) mass is 302 g/mol. The molecule has 0 atom stereocenters. The Hall–Kier alpha value is -1.21. The molecule has 0 aliphatic carbocycles. The minimum atomic E-state index is -0.947. The van der Waals surface area contributed by atoms with E-state index in [1.54, 1.807) is 20.8 Å². The number of carbonyl (C=O) groups is 1. The summed E-state index contributed by atoms with van der Waals surface area (Å²) >= 11 is 3.18. The fourth-order valence-corrected chi connectivity index (χ4v) is 1.39. The molecule has 0 unspecified atom stereocenters. The highest BCUT2D eigenvalue weighted by molar-refractivity contribution is 9.10. The van der Waals surface area contributed by atoms with E-state index in [0.29, 0.717) is 16.1 Å². The zero-order chi connectivity index (χ0) is 13.1. The highest BCUT2D eigenvalue weighted by Crippen LogP contribution is 2.12. The van der Waals surface area contributed by atoms with Crippen molar-refractivity contribution in [1.29, 1.82) is 0 Å². The molecular formula is C10H15BrN4O2. The van der Waals surface area contributed by atoms with Crippen LogP contribution in [0.5, 0.6) is 0 Å². The van der Waals surface area contributed by atoms with Gasteiger partial charge in [-0.3, -0.25) is 5.32 Å². The van der Waals surface area contributed by atoms with Gasteiger partial charge >= 0.3 is 6.03 Å². The van der Waals surface area contributed by atoms with Gasteiger partial charge in [-0.05, 0) is 36.7 Å². The molecule has 0 bridgehead atoms. The zero-order valence-corrected chi connectivity index (χ0v) is 11.5. The van der Waals surface area contributed by atoms with E-state index in [9.17, 15) is 9.90 Å². The number of hydrogen-bond acceptors (Lipinski definition) is 4. The van der Waals surface area contributed by atoms with Crippen LogP contribution in [0.4, 0.5) is 10.6 Å². The predicted molar refractivity (Wildman–Crippen MR) is 67.8 cm³/mol. The molecule has 1 rings (SSSR count). The van der Waals surface area contributed by atoms with Crippen LogP contribution in [-0.4, -0.2) is 33.3 Å². The van der Waals surface area contributed by atoms with Gasteiger partial charge in [0.2, 0.25) is 0 Å². The average molecular weight is 303 g/mol. The van der Waals surface area contributed by atoms with E-state index in [4.69, 9.17) is 0 Å². The Balaban J connectivity index is 2.57. The maximum atomic E-state index is 11.5. The molecule has 94 valence electrons. The number of halogens is 1. The van der Waals surface area contributed by atoms with Gasteiger partial charge in [0.1, 0.15) is 4.60 Å². The summed E-state index contributed by atoms with van der Waals surface area (Å²) in [7, 11) is 0. The predicted octanol–water partition coefficient (Wildman–Crippen LogP) is 1.44. The third-order valence-corrected chi connectivity index (χ3v) is 2.21. The maximum Gasteiger partial charge on any atom is 0.320 e. The molecule has 0 saturated carbocycles. The van der Waals surface area contributed by atoms with Gasteiger partial charge in [0.05, 0.1) is 17.5 Å². The molecule has 1 heterocycles. The Morgan fingerprint density at radius 1 is 1.59 bits per heavy atom. The Bertz CT molecular complexity index is 417. The number of carbonyl (C=O) groups excluding carboxylic acids is 1. The number of aliphatic hydroxyl groups is 1. The van der Waals surface area contributed by atoms with Crippen molar-refractivity contribution >= 4 is 27.8 Å². The molecule has 0 aliphatic heterocycles. The lowest BCUT2D eigenvalue weighted by Gasteiger charge is -2.17. The Morgan fingerprint density at radius 2 is 2.24 bits per heavy atom. The van der Waals surface area contributed by atoms with Crippen molar-refractivity contribution in [3.8, 4) is 0 Å². The van der Waals surface area contributed by atoms with Gasteiger partial charge in [0, 0.05) is 6.54 Å².